The minimum Gasteiger partial charge on any atom is -0.349 e. The minimum absolute atomic E-state index is 0.0232. The van der Waals surface area contributed by atoms with Crippen LogP contribution in [0.15, 0.2) is 51.9 Å². The van der Waals surface area contributed by atoms with Gasteiger partial charge in [0.2, 0.25) is 0 Å². The van der Waals surface area contributed by atoms with E-state index < -0.39 is 0 Å². The van der Waals surface area contributed by atoms with Gasteiger partial charge in [-0.05, 0) is 50.5 Å². The number of nitrogens with one attached hydrogen (secondary N) is 2. The number of hydrogen-bond donors (Lipinski definition) is 2. The molecule has 1 atom stereocenters. The lowest BCUT2D eigenvalue weighted by molar-refractivity contribution is 0.0938. The van der Waals surface area contributed by atoms with Gasteiger partial charge in [-0.3, -0.25) is 9.59 Å². The van der Waals surface area contributed by atoms with Crippen LogP contribution in [0.2, 0.25) is 0 Å². The first-order chi connectivity index (χ1) is 12.9. The number of aromatic nitrogens is 4. The van der Waals surface area contributed by atoms with E-state index in [4.69, 9.17) is 0 Å². The van der Waals surface area contributed by atoms with Gasteiger partial charge in [-0.1, -0.05) is 28.1 Å². The Bertz CT molecular complexity index is 974. The molecule has 0 aliphatic carbocycles. The molecule has 0 aliphatic rings. The van der Waals surface area contributed by atoms with Crippen molar-refractivity contribution in [1.29, 1.82) is 0 Å². The molecule has 3 aromatic rings. The third-order valence-electron chi connectivity index (χ3n) is 4.29. The Balaban J connectivity index is 1.63. The van der Waals surface area contributed by atoms with Crippen molar-refractivity contribution >= 4 is 21.8 Å². The Hall–Kier alpha value is -2.74. The maximum Gasteiger partial charge on any atom is 0.264 e. The number of nitrogens with zero attached hydrogens (tertiary/aromatic N) is 3. The summed E-state index contributed by atoms with van der Waals surface area (Å²) in [5, 5.41) is 13.5. The van der Waals surface area contributed by atoms with Crippen LogP contribution in [0.4, 0.5) is 0 Å². The second kappa shape index (κ2) is 8.30. The van der Waals surface area contributed by atoms with Gasteiger partial charge in [0, 0.05) is 16.6 Å². The van der Waals surface area contributed by atoms with Crippen LogP contribution in [-0.4, -0.2) is 31.9 Å². The fourth-order valence-corrected chi connectivity index (χ4v) is 2.99. The molecule has 1 unspecified atom stereocenters. The van der Waals surface area contributed by atoms with Crippen LogP contribution in [0.1, 0.15) is 35.0 Å². The molecule has 1 aromatic carbocycles. The number of carbonyl (C=O) groups is 1. The van der Waals surface area contributed by atoms with Crippen molar-refractivity contribution in [2.45, 2.75) is 32.7 Å². The Morgan fingerprint density at radius 1 is 1.26 bits per heavy atom. The molecule has 0 bridgehead atoms. The number of aryl methyl sites for hydroxylation is 1. The summed E-state index contributed by atoms with van der Waals surface area (Å²) >= 11 is 3.43. The first-order valence-corrected chi connectivity index (χ1v) is 9.39. The van der Waals surface area contributed by atoms with Gasteiger partial charge in [-0.25, -0.2) is 9.78 Å². The quantitative estimate of drug-likeness (QED) is 0.629. The van der Waals surface area contributed by atoms with Gasteiger partial charge >= 0.3 is 0 Å². The van der Waals surface area contributed by atoms with Gasteiger partial charge in [0.05, 0.1) is 17.5 Å². The maximum absolute atomic E-state index is 12.6. The second-order valence-corrected chi connectivity index (χ2v) is 7.29. The van der Waals surface area contributed by atoms with E-state index in [1.165, 1.54) is 22.5 Å². The fourth-order valence-electron chi connectivity index (χ4n) is 2.73. The lowest BCUT2D eigenvalue weighted by atomic mass is 10.1. The van der Waals surface area contributed by atoms with Crippen molar-refractivity contribution in [3.8, 4) is 5.82 Å². The lowest BCUT2D eigenvalue weighted by Gasteiger charge is -2.14. The topological polar surface area (TPSA) is 92.7 Å². The lowest BCUT2D eigenvalue weighted by Crippen LogP contribution is -2.33. The summed E-state index contributed by atoms with van der Waals surface area (Å²) in [5.74, 6) is 0.279. The Kier molecular flexibility index (Phi) is 5.85. The number of rotatable bonds is 6. The van der Waals surface area contributed by atoms with Crippen LogP contribution in [0.5, 0.6) is 0 Å². The van der Waals surface area contributed by atoms with Crippen molar-refractivity contribution in [2.75, 3.05) is 0 Å². The number of amides is 1. The van der Waals surface area contributed by atoms with Gasteiger partial charge in [0.1, 0.15) is 0 Å². The smallest absolute Gasteiger partial charge is 0.264 e. The number of carbonyl (C=O) groups excluding carboxylic acids is 1. The molecule has 2 aromatic heterocycles. The van der Waals surface area contributed by atoms with Crippen LogP contribution < -0.4 is 10.9 Å². The summed E-state index contributed by atoms with van der Waals surface area (Å²) in [4.78, 5) is 23.7. The largest absolute Gasteiger partial charge is 0.349 e. The van der Waals surface area contributed by atoms with Gasteiger partial charge in [-0.15, -0.1) is 0 Å². The molecule has 2 N–H and O–H groups in total. The van der Waals surface area contributed by atoms with E-state index in [0.29, 0.717) is 17.1 Å². The third kappa shape index (κ3) is 4.71. The van der Waals surface area contributed by atoms with Gasteiger partial charge in [0.15, 0.2) is 5.82 Å². The number of benzene rings is 1. The maximum atomic E-state index is 12.6. The van der Waals surface area contributed by atoms with Gasteiger partial charge < -0.3 is 5.32 Å². The highest BCUT2D eigenvalue weighted by Crippen LogP contribution is 2.14. The molecule has 0 fully saturated rings. The van der Waals surface area contributed by atoms with Crippen molar-refractivity contribution in [1.82, 2.24) is 25.3 Å². The molecule has 0 spiro atoms. The molecule has 0 radical (unpaired) electrons. The highest BCUT2D eigenvalue weighted by molar-refractivity contribution is 9.10. The second-order valence-electron chi connectivity index (χ2n) is 6.37. The number of hydrogen-bond acceptors (Lipinski definition) is 4. The number of H-pyrrole nitrogens is 1. The van der Waals surface area contributed by atoms with Crippen LogP contribution in [0.25, 0.3) is 5.82 Å². The summed E-state index contributed by atoms with van der Waals surface area (Å²) < 4.78 is 2.58. The zero-order valence-electron chi connectivity index (χ0n) is 15.1. The molecule has 27 heavy (non-hydrogen) atoms. The van der Waals surface area contributed by atoms with Gasteiger partial charge in [0.25, 0.3) is 11.5 Å². The summed E-state index contributed by atoms with van der Waals surface area (Å²) in [5.41, 5.74) is 2.08. The van der Waals surface area contributed by atoms with Crippen molar-refractivity contribution in [3.05, 3.63) is 74.2 Å². The molecule has 8 heteroatoms. The average Bonchev–Trinajstić information content (AvgIpc) is 3.03. The van der Waals surface area contributed by atoms with Crippen molar-refractivity contribution < 1.29 is 4.79 Å². The molecule has 0 saturated carbocycles. The zero-order valence-corrected chi connectivity index (χ0v) is 16.7. The minimum atomic E-state index is -0.291. The molecule has 0 aliphatic heterocycles. The molecule has 3 rings (SSSR count). The standard InChI is InChI=1S/C19H20BrN5O2/c1-12(3-4-14-5-7-15(20)8-6-14)22-19(27)16-11-21-25(13(16)2)17-9-10-18(26)24-23-17/h5-12H,3-4H2,1-2H3,(H,22,27)(H,24,26). The molecular weight excluding hydrogens is 410 g/mol. The summed E-state index contributed by atoms with van der Waals surface area (Å²) in [6, 6.07) is 11.1. The Labute approximate surface area is 164 Å². The first-order valence-electron chi connectivity index (χ1n) is 8.60. The monoisotopic (exact) mass is 429 g/mol. The van der Waals surface area contributed by atoms with E-state index in [0.717, 1.165) is 17.3 Å². The van der Waals surface area contributed by atoms with Crippen LogP contribution in [0.3, 0.4) is 0 Å². The van der Waals surface area contributed by atoms with E-state index in [2.05, 4.69) is 48.7 Å². The van der Waals surface area contributed by atoms with E-state index >= 15 is 0 Å². The third-order valence-corrected chi connectivity index (χ3v) is 4.82. The van der Waals surface area contributed by atoms with Crippen molar-refractivity contribution in [2.24, 2.45) is 0 Å². The predicted octanol–water partition coefficient (Wildman–Crippen LogP) is 2.78. The summed E-state index contributed by atoms with van der Waals surface area (Å²) in [6.45, 7) is 3.78. The van der Waals surface area contributed by atoms with Crippen LogP contribution in [-0.2, 0) is 6.42 Å². The zero-order chi connectivity index (χ0) is 19.4. The summed E-state index contributed by atoms with van der Waals surface area (Å²) in [6.07, 6.45) is 3.23. The van der Waals surface area contributed by atoms with E-state index in [9.17, 15) is 9.59 Å². The van der Waals surface area contributed by atoms with E-state index in [-0.39, 0.29) is 17.5 Å². The molecule has 1 amide bonds. The van der Waals surface area contributed by atoms with Crippen molar-refractivity contribution in [3.63, 3.8) is 0 Å². The Morgan fingerprint density at radius 2 is 2.00 bits per heavy atom. The molecule has 0 saturated heterocycles. The molecular formula is C19H20BrN5O2. The highest BCUT2D eigenvalue weighted by atomic mass is 79.9. The number of halogens is 1. The Morgan fingerprint density at radius 3 is 2.67 bits per heavy atom. The average molecular weight is 430 g/mol. The van der Waals surface area contributed by atoms with E-state index in [1.807, 2.05) is 19.1 Å². The van der Waals surface area contributed by atoms with E-state index in [1.54, 1.807) is 13.0 Å². The predicted molar refractivity (Wildman–Crippen MR) is 106 cm³/mol. The van der Waals surface area contributed by atoms with Gasteiger partial charge in [-0.2, -0.15) is 10.2 Å². The highest BCUT2D eigenvalue weighted by Gasteiger charge is 2.17. The molecule has 140 valence electrons. The summed E-state index contributed by atoms with van der Waals surface area (Å²) in [7, 11) is 0. The normalized spacial score (nSPS) is 12.0. The number of aromatic amines is 1. The van der Waals surface area contributed by atoms with Crippen LogP contribution >= 0.6 is 15.9 Å². The fraction of sp³-hybridized carbons (Fsp3) is 0.263. The molecule has 2 heterocycles. The van der Waals surface area contributed by atoms with Crippen LogP contribution in [0, 0.1) is 6.92 Å². The molecule has 7 nitrogen and oxygen atoms in total. The first kappa shape index (κ1) is 19.0. The SMILES string of the molecule is Cc1c(C(=O)NC(C)CCc2ccc(Br)cc2)cnn1-c1ccc(=O)[nH]n1.